The van der Waals surface area contributed by atoms with Gasteiger partial charge in [0.1, 0.15) is 12.4 Å². The number of amides is 1. The van der Waals surface area contributed by atoms with Gasteiger partial charge >= 0.3 is 0 Å². The van der Waals surface area contributed by atoms with Crippen molar-refractivity contribution >= 4 is 5.91 Å². The summed E-state index contributed by atoms with van der Waals surface area (Å²) in [6, 6.07) is 16.6. The van der Waals surface area contributed by atoms with Crippen molar-refractivity contribution in [2.24, 2.45) is 0 Å². The summed E-state index contributed by atoms with van der Waals surface area (Å²) in [4.78, 5) is 15.7. The molecule has 3 rings (SSSR count). The molecule has 2 aromatic carbocycles. The first-order valence-corrected chi connectivity index (χ1v) is 8.10. The van der Waals surface area contributed by atoms with E-state index in [1.807, 2.05) is 41.3 Å². The fourth-order valence-corrected chi connectivity index (χ4v) is 3.07. The summed E-state index contributed by atoms with van der Waals surface area (Å²) in [5.74, 6) is 0.0135. The van der Waals surface area contributed by atoms with Crippen LogP contribution in [0.3, 0.4) is 0 Å². The van der Waals surface area contributed by atoms with Gasteiger partial charge in [-0.05, 0) is 17.7 Å². The molecule has 3 nitrogen and oxygen atoms in total. The molecule has 0 radical (unpaired) electrons. The largest absolute Gasteiger partial charge is 0.331 e. The third-order valence-electron chi connectivity index (χ3n) is 4.36. The van der Waals surface area contributed by atoms with Crippen LogP contribution in [-0.4, -0.2) is 37.0 Å². The maximum Gasteiger partial charge on any atom is 0.227 e. The lowest BCUT2D eigenvalue weighted by Gasteiger charge is -2.32. The minimum Gasteiger partial charge on any atom is -0.331 e. The Kier molecular flexibility index (Phi) is 5.03. The van der Waals surface area contributed by atoms with Gasteiger partial charge in [0, 0.05) is 5.56 Å². The van der Waals surface area contributed by atoms with Crippen molar-refractivity contribution in [1.82, 2.24) is 4.90 Å². The second-order valence-electron chi connectivity index (χ2n) is 6.10. The van der Waals surface area contributed by atoms with E-state index in [-0.39, 0.29) is 11.7 Å². The van der Waals surface area contributed by atoms with Crippen molar-refractivity contribution in [3.8, 4) is 0 Å². The summed E-state index contributed by atoms with van der Waals surface area (Å²) in [5, 5.41) is 0. The van der Waals surface area contributed by atoms with Crippen molar-refractivity contribution < 1.29 is 14.1 Å². The molecule has 0 aromatic heterocycles. The monoisotopic (exact) mass is 313 g/mol. The quantitative estimate of drug-likeness (QED) is 0.904. The SMILES string of the molecule is O=C(Cc1ccccc1)N1CC[NH+](Cc2cccc(F)c2)CC1. The molecule has 0 aliphatic carbocycles. The third kappa shape index (κ3) is 4.39. The zero-order valence-electron chi connectivity index (χ0n) is 13.2. The predicted octanol–water partition coefficient (Wildman–Crippen LogP) is 1.30. The van der Waals surface area contributed by atoms with Gasteiger partial charge in [-0.2, -0.15) is 0 Å². The summed E-state index contributed by atoms with van der Waals surface area (Å²) in [6.07, 6.45) is 0.472. The van der Waals surface area contributed by atoms with E-state index in [9.17, 15) is 9.18 Å². The Hall–Kier alpha value is -2.20. The maximum atomic E-state index is 13.2. The number of piperazine rings is 1. The normalized spacial score (nSPS) is 15.6. The molecule has 0 spiro atoms. The van der Waals surface area contributed by atoms with Gasteiger partial charge < -0.3 is 9.80 Å². The van der Waals surface area contributed by atoms with E-state index < -0.39 is 0 Å². The van der Waals surface area contributed by atoms with Gasteiger partial charge in [0.25, 0.3) is 0 Å². The van der Waals surface area contributed by atoms with Gasteiger partial charge in [0.15, 0.2) is 0 Å². The van der Waals surface area contributed by atoms with Crippen molar-refractivity contribution in [2.45, 2.75) is 13.0 Å². The highest BCUT2D eigenvalue weighted by atomic mass is 19.1. The van der Waals surface area contributed by atoms with Crippen molar-refractivity contribution in [3.05, 3.63) is 71.5 Å². The first-order chi connectivity index (χ1) is 11.2. The number of halogens is 1. The number of hydrogen-bond donors (Lipinski definition) is 1. The average molecular weight is 313 g/mol. The van der Waals surface area contributed by atoms with E-state index in [0.29, 0.717) is 6.42 Å². The first-order valence-electron chi connectivity index (χ1n) is 8.10. The molecule has 0 saturated carbocycles. The Labute approximate surface area is 136 Å². The van der Waals surface area contributed by atoms with E-state index in [0.717, 1.165) is 43.9 Å². The Bertz CT molecular complexity index is 651. The Morgan fingerprint density at radius 1 is 1.00 bits per heavy atom. The van der Waals surface area contributed by atoms with Crippen LogP contribution in [0.2, 0.25) is 0 Å². The number of nitrogens with one attached hydrogen (secondary N) is 1. The third-order valence-corrected chi connectivity index (χ3v) is 4.36. The molecule has 1 saturated heterocycles. The zero-order valence-corrected chi connectivity index (χ0v) is 13.2. The molecule has 1 N–H and O–H groups in total. The maximum absolute atomic E-state index is 13.2. The molecule has 1 aliphatic heterocycles. The van der Waals surface area contributed by atoms with Crippen LogP contribution in [0.4, 0.5) is 4.39 Å². The van der Waals surface area contributed by atoms with E-state index in [4.69, 9.17) is 0 Å². The van der Waals surface area contributed by atoms with Gasteiger partial charge in [0.2, 0.25) is 5.91 Å². The standard InChI is InChI=1S/C19H21FN2O/c20-18-8-4-7-17(13-18)15-21-9-11-22(12-10-21)19(23)14-16-5-2-1-3-6-16/h1-8,13H,9-12,14-15H2/p+1. The number of hydrogen-bond acceptors (Lipinski definition) is 1. The minimum atomic E-state index is -0.182. The predicted molar refractivity (Wildman–Crippen MR) is 87.5 cm³/mol. The Morgan fingerprint density at radius 3 is 2.39 bits per heavy atom. The van der Waals surface area contributed by atoms with Gasteiger partial charge in [-0.25, -0.2) is 4.39 Å². The van der Waals surface area contributed by atoms with Crippen LogP contribution >= 0.6 is 0 Å². The zero-order chi connectivity index (χ0) is 16.1. The lowest BCUT2D eigenvalue weighted by atomic mass is 10.1. The Morgan fingerprint density at radius 2 is 1.70 bits per heavy atom. The molecule has 0 atom stereocenters. The molecule has 23 heavy (non-hydrogen) atoms. The topological polar surface area (TPSA) is 24.8 Å². The van der Waals surface area contributed by atoms with Gasteiger partial charge in [-0.15, -0.1) is 0 Å². The number of carbonyl (C=O) groups excluding carboxylic acids is 1. The van der Waals surface area contributed by atoms with Crippen LogP contribution in [-0.2, 0) is 17.8 Å². The fourth-order valence-electron chi connectivity index (χ4n) is 3.07. The molecule has 0 bridgehead atoms. The summed E-state index contributed by atoms with van der Waals surface area (Å²) < 4.78 is 13.2. The molecule has 120 valence electrons. The molecule has 2 aromatic rings. The van der Waals surface area contributed by atoms with E-state index in [1.165, 1.54) is 11.0 Å². The smallest absolute Gasteiger partial charge is 0.227 e. The van der Waals surface area contributed by atoms with Crippen molar-refractivity contribution in [3.63, 3.8) is 0 Å². The molecule has 1 amide bonds. The highest BCUT2D eigenvalue weighted by molar-refractivity contribution is 5.78. The fraction of sp³-hybridized carbons (Fsp3) is 0.316. The van der Waals surface area contributed by atoms with Gasteiger partial charge in [-0.3, -0.25) is 4.79 Å². The van der Waals surface area contributed by atoms with Gasteiger partial charge in [0.05, 0.1) is 32.6 Å². The number of nitrogens with zero attached hydrogens (tertiary/aromatic N) is 1. The van der Waals surface area contributed by atoms with Crippen molar-refractivity contribution in [1.29, 1.82) is 0 Å². The summed E-state index contributed by atoms with van der Waals surface area (Å²) in [7, 11) is 0. The number of rotatable bonds is 4. The second kappa shape index (κ2) is 7.38. The highest BCUT2D eigenvalue weighted by Gasteiger charge is 2.23. The lowest BCUT2D eigenvalue weighted by Crippen LogP contribution is -3.13. The summed E-state index contributed by atoms with van der Waals surface area (Å²) >= 11 is 0. The van der Waals surface area contributed by atoms with Crippen LogP contribution in [0.15, 0.2) is 54.6 Å². The summed E-state index contributed by atoms with van der Waals surface area (Å²) in [5.41, 5.74) is 2.08. The van der Waals surface area contributed by atoms with E-state index >= 15 is 0 Å². The highest BCUT2D eigenvalue weighted by Crippen LogP contribution is 2.04. The first kappa shape index (κ1) is 15.7. The number of quaternary nitrogens is 1. The molecule has 1 heterocycles. The molecular formula is C19H22FN2O+. The van der Waals surface area contributed by atoms with Crippen molar-refractivity contribution in [2.75, 3.05) is 26.2 Å². The second-order valence-corrected chi connectivity index (χ2v) is 6.10. The van der Waals surface area contributed by atoms with E-state index in [1.54, 1.807) is 12.1 Å². The molecule has 0 unspecified atom stereocenters. The lowest BCUT2D eigenvalue weighted by molar-refractivity contribution is -0.917. The molecule has 1 fully saturated rings. The van der Waals surface area contributed by atoms with E-state index in [2.05, 4.69) is 0 Å². The number of carbonyl (C=O) groups is 1. The average Bonchev–Trinajstić information content (AvgIpc) is 2.56. The van der Waals surface area contributed by atoms with Crippen LogP contribution in [0.25, 0.3) is 0 Å². The Balaban J connectivity index is 1.49. The molecular weight excluding hydrogens is 291 g/mol. The molecule has 1 aliphatic rings. The molecule has 4 heteroatoms. The van der Waals surface area contributed by atoms with Crippen LogP contribution in [0.1, 0.15) is 11.1 Å². The van der Waals surface area contributed by atoms with Crippen LogP contribution < -0.4 is 4.90 Å². The van der Waals surface area contributed by atoms with Crippen LogP contribution in [0.5, 0.6) is 0 Å². The minimum absolute atomic E-state index is 0.182. The van der Waals surface area contributed by atoms with Crippen LogP contribution in [0, 0.1) is 5.82 Å². The van der Waals surface area contributed by atoms with Gasteiger partial charge in [-0.1, -0.05) is 42.5 Å². The number of benzene rings is 2. The summed E-state index contributed by atoms with van der Waals surface area (Å²) in [6.45, 7) is 4.19.